The lowest BCUT2D eigenvalue weighted by atomic mass is 10.1. The van der Waals surface area contributed by atoms with Gasteiger partial charge < -0.3 is 19.9 Å². The second-order valence-electron chi connectivity index (χ2n) is 6.10. The summed E-state index contributed by atoms with van der Waals surface area (Å²) >= 11 is 0. The maximum Gasteiger partial charge on any atom is 0.219 e. The molecule has 0 aliphatic carbocycles. The van der Waals surface area contributed by atoms with E-state index in [2.05, 4.69) is 4.98 Å². The average Bonchev–Trinajstić information content (AvgIpc) is 2.69. The van der Waals surface area contributed by atoms with E-state index in [1.165, 1.54) is 0 Å². The van der Waals surface area contributed by atoms with Crippen LogP contribution in [0.3, 0.4) is 0 Å². The lowest BCUT2D eigenvalue weighted by molar-refractivity contribution is 0.195. The Bertz CT molecular complexity index is 853. The number of aryl methyl sites for hydroxylation is 1. The predicted molar refractivity (Wildman–Crippen MR) is 105 cm³/mol. The normalized spacial score (nSPS) is 10.6. The molecule has 1 heterocycles. The minimum absolute atomic E-state index is 0.438. The molecule has 0 bridgehead atoms. The third-order valence-corrected chi connectivity index (χ3v) is 3.94. The number of hydrogen-bond acceptors (Lipinski definition) is 5. The van der Waals surface area contributed by atoms with Crippen LogP contribution in [0.4, 0.5) is 0 Å². The third kappa shape index (κ3) is 5.81. The van der Waals surface area contributed by atoms with Crippen molar-refractivity contribution in [1.29, 1.82) is 0 Å². The Morgan fingerprint density at radius 1 is 0.852 bits per heavy atom. The molecule has 5 nitrogen and oxygen atoms in total. The quantitative estimate of drug-likeness (QED) is 0.557. The van der Waals surface area contributed by atoms with Gasteiger partial charge in [-0.25, -0.2) is 4.98 Å². The maximum absolute atomic E-state index is 5.97. The summed E-state index contributed by atoms with van der Waals surface area (Å²) in [7, 11) is 1.70. The second kappa shape index (κ2) is 9.71. The van der Waals surface area contributed by atoms with Gasteiger partial charge in [-0.3, -0.25) is 0 Å². The van der Waals surface area contributed by atoms with Gasteiger partial charge in [0.15, 0.2) is 0 Å². The molecule has 0 atom stereocenters. The lowest BCUT2D eigenvalue weighted by Crippen LogP contribution is -2.02. The van der Waals surface area contributed by atoms with Crippen LogP contribution in [0.5, 0.6) is 23.1 Å². The van der Waals surface area contributed by atoms with Crippen molar-refractivity contribution >= 4 is 0 Å². The molecule has 27 heavy (non-hydrogen) atoms. The number of rotatable bonds is 9. The van der Waals surface area contributed by atoms with Crippen molar-refractivity contribution in [3.05, 3.63) is 78.0 Å². The van der Waals surface area contributed by atoms with Gasteiger partial charge >= 0.3 is 0 Å². The van der Waals surface area contributed by atoms with Gasteiger partial charge in [0.05, 0.1) is 0 Å². The van der Waals surface area contributed by atoms with Crippen LogP contribution < -0.4 is 15.2 Å². The van der Waals surface area contributed by atoms with Gasteiger partial charge in [-0.2, -0.15) is 0 Å². The molecule has 0 spiro atoms. The first-order valence-corrected chi connectivity index (χ1v) is 8.96. The zero-order chi connectivity index (χ0) is 18.9. The van der Waals surface area contributed by atoms with Crippen LogP contribution in [-0.4, -0.2) is 18.7 Å². The molecule has 1 aromatic heterocycles. The zero-order valence-corrected chi connectivity index (χ0v) is 15.4. The third-order valence-electron chi connectivity index (χ3n) is 3.94. The van der Waals surface area contributed by atoms with E-state index in [1.807, 2.05) is 66.7 Å². The summed E-state index contributed by atoms with van der Waals surface area (Å²) in [4.78, 5) is 4.59. The largest absolute Gasteiger partial charge is 0.457 e. The van der Waals surface area contributed by atoms with E-state index in [4.69, 9.17) is 19.9 Å². The Labute approximate surface area is 159 Å². The molecule has 0 radical (unpaired) electrons. The van der Waals surface area contributed by atoms with E-state index in [-0.39, 0.29) is 0 Å². The van der Waals surface area contributed by atoms with Crippen molar-refractivity contribution in [2.45, 2.75) is 19.4 Å². The molecular weight excluding hydrogens is 340 g/mol. The first-order valence-electron chi connectivity index (χ1n) is 8.96. The number of ether oxygens (including phenoxy) is 3. The van der Waals surface area contributed by atoms with Crippen molar-refractivity contribution < 1.29 is 14.2 Å². The van der Waals surface area contributed by atoms with Gasteiger partial charge in [0.2, 0.25) is 5.88 Å². The second-order valence-corrected chi connectivity index (χ2v) is 6.10. The highest BCUT2D eigenvalue weighted by Gasteiger charge is 2.06. The SMILES string of the molecule is COCCCc1cc(CN)cc(Oc2cccc(Oc3ccccc3)c2)n1. The van der Waals surface area contributed by atoms with Gasteiger partial charge in [-0.15, -0.1) is 0 Å². The van der Waals surface area contributed by atoms with Gasteiger partial charge in [-0.05, 0) is 48.7 Å². The van der Waals surface area contributed by atoms with Gasteiger partial charge in [-0.1, -0.05) is 24.3 Å². The molecule has 0 aliphatic rings. The molecule has 0 amide bonds. The van der Waals surface area contributed by atoms with Crippen LogP contribution in [0.25, 0.3) is 0 Å². The van der Waals surface area contributed by atoms with Crippen LogP contribution in [0.15, 0.2) is 66.7 Å². The fourth-order valence-corrected chi connectivity index (χ4v) is 2.66. The standard InChI is InChI=1S/C22H24N2O3/c1-25-12-6-7-18-13-17(16-23)14-22(24-18)27-21-11-5-10-20(15-21)26-19-8-3-2-4-9-19/h2-5,8-11,13-15H,6-7,12,16,23H2,1H3. The summed E-state index contributed by atoms with van der Waals surface area (Å²) in [5.74, 6) is 2.67. The molecule has 0 aliphatic heterocycles. The molecule has 0 saturated carbocycles. The summed E-state index contributed by atoms with van der Waals surface area (Å²) in [5, 5.41) is 0. The average molecular weight is 364 g/mol. The summed E-state index contributed by atoms with van der Waals surface area (Å²) in [6.07, 6.45) is 1.71. The van der Waals surface area contributed by atoms with Gasteiger partial charge in [0, 0.05) is 38.1 Å². The van der Waals surface area contributed by atoms with E-state index in [9.17, 15) is 0 Å². The zero-order valence-electron chi connectivity index (χ0n) is 15.4. The Kier molecular flexibility index (Phi) is 6.79. The molecule has 2 aromatic carbocycles. The predicted octanol–water partition coefficient (Wildman–Crippen LogP) is 4.70. The van der Waals surface area contributed by atoms with Crippen LogP contribution in [0, 0.1) is 0 Å². The van der Waals surface area contributed by atoms with Crippen molar-refractivity contribution in [3.63, 3.8) is 0 Å². The number of pyridine rings is 1. The Hall–Kier alpha value is -2.89. The van der Waals surface area contributed by atoms with Crippen LogP contribution in [0.2, 0.25) is 0 Å². The fourth-order valence-electron chi connectivity index (χ4n) is 2.66. The smallest absolute Gasteiger partial charge is 0.219 e. The van der Waals surface area contributed by atoms with E-state index in [0.717, 1.165) is 29.8 Å². The molecule has 0 unspecified atom stereocenters. The number of aromatic nitrogens is 1. The van der Waals surface area contributed by atoms with Crippen LogP contribution in [-0.2, 0) is 17.7 Å². The van der Waals surface area contributed by atoms with Crippen molar-refractivity contribution in [1.82, 2.24) is 4.98 Å². The molecule has 3 aromatic rings. The highest BCUT2D eigenvalue weighted by atomic mass is 16.5. The van der Waals surface area contributed by atoms with E-state index >= 15 is 0 Å². The molecule has 5 heteroatoms. The van der Waals surface area contributed by atoms with Crippen LogP contribution in [0.1, 0.15) is 17.7 Å². The van der Waals surface area contributed by atoms with Crippen molar-refractivity contribution in [2.75, 3.05) is 13.7 Å². The van der Waals surface area contributed by atoms with Gasteiger partial charge in [0.1, 0.15) is 17.2 Å². The number of benzene rings is 2. The number of nitrogens with two attached hydrogens (primary N) is 1. The molecular formula is C22H24N2O3. The van der Waals surface area contributed by atoms with E-state index in [0.29, 0.717) is 30.5 Å². The monoisotopic (exact) mass is 364 g/mol. The highest BCUT2D eigenvalue weighted by molar-refractivity contribution is 5.39. The highest BCUT2D eigenvalue weighted by Crippen LogP contribution is 2.28. The van der Waals surface area contributed by atoms with E-state index < -0.39 is 0 Å². The molecule has 140 valence electrons. The summed E-state index contributed by atoms with van der Waals surface area (Å²) < 4.78 is 16.9. The van der Waals surface area contributed by atoms with Gasteiger partial charge in [0.25, 0.3) is 0 Å². The molecule has 0 saturated heterocycles. The Morgan fingerprint density at radius 3 is 2.33 bits per heavy atom. The number of methoxy groups -OCH3 is 1. The summed E-state index contributed by atoms with van der Waals surface area (Å²) in [6.45, 7) is 1.14. The number of nitrogens with zero attached hydrogens (tertiary/aromatic N) is 1. The summed E-state index contributed by atoms with van der Waals surface area (Å²) in [6, 6.07) is 21.0. The minimum atomic E-state index is 0.438. The maximum atomic E-state index is 5.97. The minimum Gasteiger partial charge on any atom is -0.457 e. The molecule has 2 N–H and O–H groups in total. The Balaban J connectivity index is 1.74. The lowest BCUT2D eigenvalue weighted by Gasteiger charge is -2.11. The van der Waals surface area contributed by atoms with Crippen LogP contribution >= 0.6 is 0 Å². The Morgan fingerprint density at radius 2 is 1.59 bits per heavy atom. The first-order chi connectivity index (χ1) is 13.3. The topological polar surface area (TPSA) is 66.6 Å². The van der Waals surface area contributed by atoms with E-state index in [1.54, 1.807) is 7.11 Å². The summed E-state index contributed by atoms with van der Waals surface area (Å²) in [5.41, 5.74) is 7.75. The molecule has 3 rings (SSSR count). The van der Waals surface area contributed by atoms with Crippen molar-refractivity contribution in [3.8, 4) is 23.1 Å². The number of hydrogen-bond donors (Lipinski definition) is 1. The molecule has 0 fully saturated rings. The van der Waals surface area contributed by atoms with Crippen molar-refractivity contribution in [2.24, 2.45) is 5.73 Å². The fraction of sp³-hybridized carbons (Fsp3) is 0.227. The first kappa shape index (κ1) is 18.9. The number of para-hydroxylation sites is 1.